The lowest BCUT2D eigenvalue weighted by molar-refractivity contribution is -0.290. The zero-order chi connectivity index (χ0) is 14.7. The van der Waals surface area contributed by atoms with Gasteiger partial charge in [-0.25, -0.2) is 0 Å². The number of amides is 1. The quantitative estimate of drug-likeness (QED) is 0.745. The van der Waals surface area contributed by atoms with Crippen LogP contribution >= 0.6 is 0 Å². The Labute approximate surface area is 116 Å². The van der Waals surface area contributed by atoms with Crippen molar-refractivity contribution in [3.63, 3.8) is 0 Å². The number of hydroxylamine groups is 2. The van der Waals surface area contributed by atoms with E-state index in [2.05, 4.69) is 5.32 Å². The molecule has 111 valence electrons. The van der Waals surface area contributed by atoms with Gasteiger partial charge in [0.2, 0.25) is 5.91 Å². The Balaban J connectivity index is 2.53. The van der Waals surface area contributed by atoms with Crippen molar-refractivity contribution < 1.29 is 10.0 Å². The molecule has 1 saturated heterocycles. The predicted octanol–water partition coefficient (Wildman–Crippen LogP) is 1.60. The van der Waals surface area contributed by atoms with Crippen molar-refractivity contribution in [2.45, 2.75) is 76.9 Å². The molecule has 0 saturated carbocycles. The van der Waals surface area contributed by atoms with E-state index in [9.17, 15) is 10.0 Å². The number of nitrogens with one attached hydrogen (secondary N) is 1. The lowest BCUT2D eigenvalue weighted by Crippen LogP contribution is -2.62. The van der Waals surface area contributed by atoms with Crippen molar-refractivity contribution >= 4 is 5.91 Å². The molecule has 0 spiro atoms. The van der Waals surface area contributed by atoms with E-state index in [0.29, 0.717) is 25.8 Å². The summed E-state index contributed by atoms with van der Waals surface area (Å²) in [6.45, 7) is 8.38. The molecular weight excluding hydrogens is 242 g/mol. The van der Waals surface area contributed by atoms with Gasteiger partial charge in [0.15, 0.2) is 0 Å². The van der Waals surface area contributed by atoms with Crippen molar-refractivity contribution in [3.8, 4) is 0 Å². The standard InChI is InChI=1S/C14H28N3O2/c1-13(2)9-11(10-14(3,4)17(13)19)16-12(18)7-5-6-8-15/h11H,5-10,15H2,1-4H3,(H,16,18). The third-order valence-corrected chi connectivity index (χ3v) is 3.81. The molecule has 1 amide bonds. The lowest BCUT2D eigenvalue weighted by Gasteiger charge is -2.50. The van der Waals surface area contributed by atoms with E-state index in [-0.39, 0.29) is 11.9 Å². The molecule has 1 radical (unpaired) electrons. The summed E-state index contributed by atoms with van der Waals surface area (Å²) in [6.07, 6.45) is 3.62. The maximum atomic E-state index is 12.2. The topological polar surface area (TPSA) is 78.3 Å². The molecule has 1 fully saturated rings. The second-order valence-corrected chi connectivity index (χ2v) is 6.84. The number of nitrogens with zero attached hydrogens (tertiary/aromatic N) is 1. The highest BCUT2D eigenvalue weighted by Gasteiger charge is 2.46. The minimum atomic E-state index is -0.434. The van der Waals surface area contributed by atoms with Gasteiger partial charge in [-0.15, -0.1) is 10.3 Å². The van der Waals surface area contributed by atoms with Crippen LogP contribution in [-0.4, -0.2) is 34.6 Å². The lowest BCUT2D eigenvalue weighted by atomic mass is 9.79. The van der Waals surface area contributed by atoms with Gasteiger partial charge in [-0.2, -0.15) is 0 Å². The van der Waals surface area contributed by atoms with E-state index >= 15 is 0 Å². The molecule has 0 aliphatic carbocycles. The molecule has 1 rings (SSSR count). The summed E-state index contributed by atoms with van der Waals surface area (Å²) in [5.41, 5.74) is 4.55. The Hall–Kier alpha value is -0.650. The van der Waals surface area contributed by atoms with Gasteiger partial charge in [-0.05, 0) is 59.9 Å². The summed E-state index contributed by atoms with van der Waals surface area (Å²) >= 11 is 0. The minimum Gasteiger partial charge on any atom is -0.353 e. The van der Waals surface area contributed by atoms with Crippen LogP contribution in [-0.2, 0) is 10.0 Å². The first kappa shape index (κ1) is 16.4. The zero-order valence-corrected chi connectivity index (χ0v) is 12.7. The second kappa shape index (κ2) is 6.20. The van der Waals surface area contributed by atoms with Crippen molar-refractivity contribution in [3.05, 3.63) is 0 Å². The molecule has 0 aromatic heterocycles. The van der Waals surface area contributed by atoms with Crippen molar-refractivity contribution in [1.82, 2.24) is 10.4 Å². The zero-order valence-electron chi connectivity index (χ0n) is 12.7. The van der Waals surface area contributed by atoms with Crippen LogP contribution in [0.3, 0.4) is 0 Å². The third kappa shape index (κ3) is 4.44. The number of rotatable bonds is 5. The monoisotopic (exact) mass is 270 g/mol. The first-order valence-corrected chi connectivity index (χ1v) is 7.16. The van der Waals surface area contributed by atoms with Crippen molar-refractivity contribution in [2.24, 2.45) is 5.73 Å². The molecule has 0 bridgehead atoms. The van der Waals surface area contributed by atoms with Gasteiger partial charge in [0.1, 0.15) is 0 Å². The number of hydrogen-bond acceptors (Lipinski definition) is 3. The van der Waals surface area contributed by atoms with Gasteiger partial charge >= 0.3 is 0 Å². The highest BCUT2D eigenvalue weighted by atomic mass is 16.5. The van der Waals surface area contributed by atoms with Crippen molar-refractivity contribution in [1.29, 1.82) is 0 Å². The highest BCUT2D eigenvalue weighted by molar-refractivity contribution is 5.76. The van der Waals surface area contributed by atoms with Gasteiger partial charge in [0.05, 0.1) is 0 Å². The van der Waals surface area contributed by atoms with E-state index in [0.717, 1.165) is 12.8 Å². The van der Waals surface area contributed by atoms with Gasteiger partial charge in [0, 0.05) is 23.5 Å². The number of carbonyl (C=O) groups excluding carboxylic acids is 1. The summed E-state index contributed by atoms with van der Waals surface area (Å²) in [6, 6.07) is 0.0839. The van der Waals surface area contributed by atoms with Crippen LogP contribution in [0.1, 0.15) is 59.8 Å². The van der Waals surface area contributed by atoms with Crippen LogP contribution in [0.15, 0.2) is 0 Å². The van der Waals surface area contributed by atoms with E-state index in [1.807, 2.05) is 27.7 Å². The fourth-order valence-corrected chi connectivity index (χ4v) is 3.10. The molecule has 1 heterocycles. The number of unbranched alkanes of at least 4 members (excludes halogenated alkanes) is 1. The fourth-order valence-electron chi connectivity index (χ4n) is 3.10. The molecule has 19 heavy (non-hydrogen) atoms. The van der Waals surface area contributed by atoms with Gasteiger partial charge in [-0.3, -0.25) is 4.79 Å². The highest BCUT2D eigenvalue weighted by Crippen LogP contribution is 2.36. The molecule has 0 aromatic rings. The van der Waals surface area contributed by atoms with E-state index in [4.69, 9.17) is 5.73 Å². The largest absolute Gasteiger partial charge is 0.353 e. The van der Waals surface area contributed by atoms with Crippen LogP contribution in [0.2, 0.25) is 0 Å². The van der Waals surface area contributed by atoms with E-state index in [1.165, 1.54) is 5.06 Å². The van der Waals surface area contributed by atoms with Crippen LogP contribution in [0.5, 0.6) is 0 Å². The molecule has 5 heteroatoms. The molecule has 0 atom stereocenters. The number of piperidine rings is 1. The van der Waals surface area contributed by atoms with E-state index < -0.39 is 11.1 Å². The fraction of sp³-hybridized carbons (Fsp3) is 0.929. The third-order valence-electron chi connectivity index (χ3n) is 3.81. The van der Waals surface area contributed by atoms with Crippen LogP contribution in [0.25, 0.3) is 0 Å². The normalized spacial score (nSPS) is 23.3. The molecule has 1 aliphatic heterocycles. The number of nitrogens with two attached hydrogens (primary N) is 1. The van der Waals surface area contributed by atoms with Crippen molar-refractivity contribution in [2.75, 3.05) is 6.54 Å². The molecule has 3 N–H and O–H groups in total. The summed E-state index contributed by atoms with van der Waals surface area (Å²) in [5.74, 6) is 0.0735. The minimum absolute atomic E-state index is 0.0735. The molecule has 1 aliphatic rings. The Morgan fingerprint density at radius 2 is 1.74 bits per heavy atom. The number of hydrogen-bond donors (Lipinski definition) is 2. The summed E-state index contributed by atoms with van der Waals surface area (Å²) in [5, 5.41) is 16.4. The van der Waals surface area contributed by atoms with Gasteiger partial charge in [-0.1, -0.05) is 0 Å². The second-order valence-electron chi connectivity index (χ2n) is 6.84. The average molecular weight is 270 g/mol. The summed E-state index contributed by atoms with van der Waals surface area (Å²) in [7, 11) is 0. The maximum Gasteiger partial charge on any atom is 0.220 e. The molecule has 0 unspecified atom stereocenters. The molecule has 0 aromatic carbocycles. The van der Waals surface area contributed by atoms with Gasteiger partial charge in [0.25, 0.3) is 0 Å². The molecular formula is C14H28N3O2. The Bertz CT molecular complexity index is 298. The van der Waals surface area contributed by atoms with Crippen LogP contribution in [0, 0.1) is 0 Å². The molecule has 5 nitrogen and oxygen atoms in total. The van der Waals surface area contributed by atoms with Crippen LogP contribution < -0.4 is 11.1 Å². The number of carbonyl (C=O) groups is 1. The van der Waals surface area contributed by atoms with Gasteiger partial charge < -0.3 is 11.1 Å². The van der Waals surface area contributed by atoms with E-state index in [1.54, 1.807) is 0 Å². The SMILES string of the molecule is CC1(C)CC(NC(=O)CCCCN)CC(C)(C)N1[O]. The first-order valence-electron chi connectivity index (χ1n) is 7.16. The summed E-state index contributed by atoms with van der Waals surface area (Å²) in [4.78, 5) is 11.8. The Morgan fingerprint density at radius 1 is 1.21 bits per heavy atom. The predicted molar refractivity (Wildman–Crippen MR) is 74.8 cm³/mol. The smallest absolute Gasteiger partial charge is 0.220 e. The Morgan fingerprint density at radius 3 is 2.21 bits per heavy atom. The average Bonchev–Trinajstić information content (AvgIpc) is 2.25. The maximum absolute atomic E-state index is 12.2. The first-order chi connectivity index (χ1) is 8.69. The Kier molecular flexibility index (Phi) is 5.35. The summed E-state index contributed by atoms with van der Waals surface area (Å²) < 4.78 is 0. The van der Waals surface area contributed by atoms with Crippen LogP contribution in [0.4, 0.5) is 0 Å².